The molecule has 129 heavy (non-hydrogen) atoms. The lowest BCUT2D eigenvalue weighted by Gasteiger charge is -2.41. The molecule has 0 spiro atoms. The summed E-state index contributed by atoms with van der Waals surface area (Å²) < 4.78 is 187. The average Bonchev–Trinajstić information content (AvgIpc) is 0.896. The molecule has 9 aliphatic rings. The molecular formula is C90H105F12N21O6. The number of carbonyl (C=O) groups excluding carboxylic acids is 3. The number of hydrogen-bond acceptors (Lipinski definition) is 21. The molecule has 27 nitrogen and oxygen atoms in total. The number of aromatic nitrogens is 6. The molecule has 6 aromatic rings. The summed E-state index contributed by atoms with van der Waals surface area (Å²) in [6.07, 6.45) is -7.04. The van der Waals surface area contributed by atoms with Crippen LogP contribution in [0.3, 0.4) is 0 Å². The molecule has 9 atom stereocenters. The molecule has 0 saturated carbocycles. The Labute approximate surface area is 742 Å². The predicted octanol–water partition coefficient (Wildman–Crippen LogP) is 12.1. The fraction of sp³-hybridized carbons (Fsp3) is 0.533. The molecule has 0 N–H and O–H groups in total. The summed E-state index contributed by atoms with van der Waals surface area (Å²) in [7, 11) is 6.11. The summed E-state index contributed by atoms with van der Waals surface area (Å²) in [5.74, 6) is -1.38. The summed E-state index contributed by atoms with van der Waals surface area (Å²) in [6.45, 7) is 47.7. The number of anilines is 6. The largest absolute Gasteiger partial charge is 0.462 e. The van der Waals surface area contributed by atoms with Crippen LogP contribution in [-0.2, 0) is 71.8 Å². The monoisotopic (exact) mass is 1800 g/mol. The topological polar surface area (TPSA) is 208 Å². The van der Waals surface area contributed by atoms with Crippen molar-refractivity contribution in [3.63, 3.8) is 0 Å². The quantitative estimate of drug-likeness (QED) is 0.0373. The van der Waals surface area contributed by atoms with Crippen molar-refractivity contribution in [2.75, 3.05) is 188 Å². The number of nitrogens with zero attached hydrogens (tertiary/aromatic N) is 21. The van der Waals surface area contributed by atoms with Crippen LogP contribution >= 0.6 is 0 Å². The van der Waals surface area contributed by atoms with Crippen molar-refractivity contribution in [2.45, 2.75) is 134 Å². The molecule has 15 rings (SSSR count). The molecule has 0 bridgehead atoms. The van der Waals surface area contributed by atoms with Crippen molar-refractivity contribution in [3.05, 3.63) is 195 Å². The van der Waals surface area contributed by atoms with Crippen molar-refractivity contribution in [2.24, 2.45) is 17.8 Å². The number of ether oxygens (including phenoxy) is 3. The fourth-order valence-electron chi connectivity index (χ4n) is 19.3. The first-order chi connectivity index (χ1) is 61.5. The van der Waals surface area contributed by atoms with Crippen LogP contribution in [0.25, 0.3) is 14.5 Å². The SMILES string of the molecule is [C-]#[N+]CC1CN(c2nc(OC[C@H]3C[C@@H](C)CN3C)nc3c2CCN(c2cccc(F)c2C(F)(F)F)C3)CCN1C(=O)C=C.[C-]#[N+]CC1CN(c2nc(OC[C@H]3C[C@H](C)CN3C)nc3c2CCN(c2cccc(F)c2C(F)(F)F)C3)CCN1C(=O)C=C.[C-]#[N+]CC1CN(c2nc(OC[C@H]3C[C@H](C)CN3C)nc3c2CCN(c2cccc(F)c2C(F)(F)F)C3)CCN1C(=O)C=C. The third-order valence-corrected chi connectivity index (χ3v) is 25.4. The second-order valence-electron chi connectivity index (χ2n) is 34.4. The van der Waals surface area contributed by atoms with Gasteiger partial charge in [-0.1, -0.05) is 58.7 Å². The van der Waals surface area contributed by atoms with E-state index in [0.29, 0.717) is 150 Å². The Balaban J connectivity index is 0.000000165. The highest BCUT2D eigenvalue weighted by Crippen LogP contribution is 2.46. The highest BCUT2D eigenvalue weighted by Gasteiger charge is 2.46. The Bertz CT molecular complexity index is 4740. The lowest BCUT2D eigenvalue weighted by molar-refractivity contribution is -0.140. The van der Waals surface area contributed by atoms with Gasteiger partial charge in [0.25, 0.3) is 0 Å². The number of likely N-dealkylation sites (N-methyl/N-ethyl adjacent to an activating group) is 3. The zero-order chi connectivity index (χ0) is 92.7. The first-order valence-electron chi connectivity index (χ1n) is 43.0. The van der Waals surface area contributed by atoms with Crippen LogP contribution < -0.4 is 43.6 Å². The van der Waals surface area contributed by atoms with Crippen LogP contribution in [0.15, 0.2) is 92.6 Å². The van der Waals surface area contributed by atoms with E-state index in [1.165, 1.54) is 69.3 Å². The number of amides is 3. The van der Waals surface area contributed by atoms with Crippen molar-refractivity contribution >= 4 is 52.2 Å². The number of likely N-dealkylation sites (tertiary alicyclic amines) is 3. The summed E-state index contributed by atoms with van der Waals surface area (Å²) in [5, 5.41) is 0. The third kappa shape index (κ3) is 21.7. The highest BCUT2D eigenvalue weighted by molar-refractivity contribution is 5.89. The Hall–Kier alpha value is -11.8. The van der Waals surface area contributed by atoms with Crippen molar-refractivity contribution in [1.82, 2.24) is 59.3 Å². The lowest BCUT2D eigenvalue weighted by atomic mass is 10.0. The van der Waals surface area contributed by atoms with Crippen LogP contribution in [0, 0.1) is 54.9 Å². The molecule has 3 aromatic heterocycles. The number of fused-ring (bicyclic) bond motifs is 3. The second-order valence-corrected chi connectivity index (χ2v) is 34.4. The maximum absolute atomic E-state index is 14.4. The predicted molar refractivity (Wildman–Crippen MR) is 460 cm³/mol. The maximum atomic E-state index is 14.4. The summed E-state index contributed by atoms with van der Waals surface area (Å²) >= 11 is 0. The fourth-order valence-corrected chi connectivity index (χ4v) is 19.3. The Morgan fingerprint density at radius 3 is 0.884 bits per heavy atom. The van der Waals surface area contributed by atoms with E-state index in [0.717, 1.165) is 73.8 Å². The van der Waals surface area contributed by atoms with E-state index < -0.39 is 52.7 Å². The number of halogens is 12. The zero-order valence-electron chi connectivity index (χ0n) is 72.8. The van der Waals surface area contributed by atoms with Gasteiger partial charge in [-0.05, 0) is 132 Å². The minimum Gasteiger partial charge on any atom is -0.462 e. The number of alkyl halides is 9. The van der Waals surface area contributed by atoms with E-state index in [1.807, 2.05) is 35.8 Å². The smallest absolute Gasteiger partial charge is 0.421 e. The standard InChI is InChI=1S/3C30H35F4N7O2/c3*1-5-26(42)41-12-11-40(16-21(41)14-35-3)28-22-9-10-39(25-8-6-7-23(31)27(25)30(32,33)34)17-24(22)36-29(37-28)43-18-20-13-19(2)15-38(20)4/h3*5-8,19-21H,1,9-18H2,2,4H3/t2*19-,20+,21?;19-,20-,21?/m001/s1. The minimum atomic E-state index is -4.86. The highest BCUT2D eigenvalue weighted by atomic mass is 19.4. The van der Waals surface area contributed by atoms with Crippen LogP contribution in [-0.4, -0.2) is 272 Å². The third-order valence-electron chi connectivity index (χ3n) is 25.4. The van der Waals surface area contributed by atoms with Gasteiger partial charge in [-0.3, -0.25) is 29.1 Å². The lowest BCUT2D eigenvalue weighted by Crippen LogP contribution is -2.56. The van der Waals surface area contributed by atoms with Gasteiger partial charge in [-0.15, -0.1) is 0 Å². The van der Waals surface area contributed by atoms with Crippen LogP contribution in [0.2, 0.25) is 0 Å². The number of rotatable bonds is 21. The van der Waals surface area contributed by atoms with Gasteiger partial charge in [0.1, 0.15) is 89.5 Å². The molecule has 9 aliphatic heterocycles. The van der Waals surface area contributed by atoms with Gasteiger partial charge in [-0.25, -0.2) is 32.9 Å². The molecular weight excluding hydrogens is 1700 g/mol. The van der Waals surface area contributed by atoms with Gasteiger partial charge in [0, 0.05) is 133 Å². The normalized spacial score (nSPS) is 22.7. The van der Waals surface area contributed by atoms with Crippen molar-refractivity contribution in [1.29, 1.82) is 0 Å². The summed E-state index contributed by atoms with van der Waals surface area (Å²) in [4.78, 5) is 98.3. The molecule has 39 heteroatoms. The number of hydrogen-bond donors (Lipinski definition) is 0. The molecule has 3 amide bonds. The molecule has 3 aromatic carbocycles. The van der Waals surface area contributed by atoms with Gasteiger partial charge in [0.05, 0.1) is 53.8 Å². The number of benzene rings is 3. The maximum Gasteiger partial charge on any atom is 0.421 e. The van der Waals surface area contributed by atoms with Gasteiger partial charge in [-0.2, -0.15) is 69.4 Å². The molecule has 3 unspecified atom stereocenters. The molecule has 12 heterocycles. The van der Waals surface area contributed by atoms with Gasteiger partial charge in [0.15, 0.2) is 0 Å². The van der Waals surface area contributed by atoms with E-state index in [1.54, 1.807) is 14.7 Å². The van der Waals surface area contributed by atoms with Gasteiger partial charge >= 0.3 is 36.6 Å². The molecule has 6 fully saturated rings. The average molecular weight is 1800 g/mol. The first kappa shape index (κ1) is 94.8. The first-order valence-corrected chi connectivity index (χ1v) is 43.0. The minimum absolute atomic E-state index is 0.00844. The summed E-state index contributed by atoms with van der Waals surface area (Å²) in [6, 6.07) is 9.80. The van der Waals surface area contributed by atoms with Crippen molar-refractivity contribution in [3.8, 4) is 18.0 Å². The number of carbonyl (C=O) groups is 3. The number of piperazine rings is 3. The Morgan fingerprint density at radius 2 is 0.659 bits per heavy atom. The molecule has 6 saturated heterocycles. The molecule has 690 valence electrons. The Morgan fingerprint density at radius 1 is 0.395 bits per heavy atom. The van der Waals surface area contributed by atoms with Gasteiger partial charge < -0.3 is 72.8 Å². The molecule has 0 radical (unpaired) electrons. The van der Waals surface area contributed by atoms with Crippen LogP contribution in [0.5, 0.6) is 18.0 Å². The Kier molecular flexibility index (Phi) is 29.8. The van der Waals surface area contributed by atoms with Crippen LogP contribution in [0.1, 0.15) is 90.5 Å². The van der Waals surface area contributed by atoms with E-state index in [4.69, 9.17) is 48.9 Å². The van der Waals surface area contributed by atoms with E-state index in [2.05, 4.69) is 84.7 Å². The van der Waals surface area contributed by atoms with E-state index in [9.17, 15) is 67.1 Å². The summed E-state index contributed by atoms with van der Waals surface area (Å²) in [5.41, 5.74) is -0.800. The van der Waals surface area contributed by atoms with E-state index in [-0.39, 0.29) is 148 Å². The van der Waals surface area contributed by atoms with Crippen molar-refractivity contribution < 1.29 is 81.3 Å². The zero-order valence-corrected chi connectivity index (χ0v) is 72.8. The van der Waals surface area contributed by atoms with Gasteiger partial charge in [0.2, 0.25) is 37.4 Å². The van der Waals surface area contributed by atoms with Crippen LogP contribution in [0.4, 0.5) is 87.2 Å². The second kappa shape index (κ2) is 40.5. The van der Waals surface area contributed by atoms with E-state index >= 15 is 0 Å². The molecule has 0 aliphatic carbocycles.